The van der Waals surface area contributed by atoms with E-state index in [4.69, 9.17) is 0 Å². The molecule has 0 spiro atoms. The maximum Gasteiger partial charge on any atom is 0.0486 e. The highest BCUT2D eigenvalue weighted by molar-refractivity contribution is 5.84. The molecular formula is C11H13N. The van der Waals surface area contributed by atoms with Crippen molar-refractivity contribution in [1.29, 1.82) is 0 Å². The summed E-state index contributed by atoms with van der Waals surface area (Å²) in [6.07, 6.45) is 2.00. The molecule has 1 aromatic heterocycles. The topological polar surface area (TPSA) is 15.8 Å². The second kappa shape index (κ2) is 2.37. The third-order valence-corrected chi connectivity index (χ3v) is 2.68. The molecule has 1 heteroatoms. The summed E-state index contributed by atoms with van der Waals surface area (Å²) in [6.45, 7) is 6.50. The van der Waals surface area contributed by atoms with Crippen molar-refractivity contribution in [3.63, 3.8) is 0 Å². The maximum atomic E-state index is 3.26. The largest absolute Gasteiger partial charge is 0.361 e. The number of aromatic nitrogens is 1. The molecule has 0 fully saturated rings. The molecule has 1 aromatic carbocycles. The molecule has 1 heterocycles. The highest BCUT2D eigenvalue weighted by Gasteiger charge is 2.03. The van der Waals surface area contributed by atoms with Gasteiger partial charge in [0.2, 0.25) is 0 Å². The second-order valence-electron chi connectivity index (χ2n) is 3.39. The Balaban J connectivity index is 2.94. The molecule has 1 nitrogen and oxygen atoms in total. The third-order valence-electron chi connectivity index (χ3n) is 2.68. The molecule has 0 atom stereocenters. The number of hydrogen-bond donors (Lipinski definition) is 1. The van der Waals surface area contributed by atoms with E-state index < -0.39 is 0 Å². The molecule has 12 heavy (non-hydrogen) atoms. The Morgan fingerprint density at radius 1 is 1.08 bits per heavy atom. The van der Waals surface area contributed by atoms with Crippen molar-refractivity contribution in [2.45, 2.75) is 20.8 Å². The summed E-state index contributed by atoms with van der Waals surface area (Å²) in [5.74, 6) is 0. The lowest BCUT2D eigenvalue weighted by Gasteiger charge is -2.05. The van der Waals surface area contributed by atoms with Gasteiger partial charge in [0, 0.05) is 11.7 Å². The normalized spacial score (nSPS) is 10.9. The number of fused-ring (bicyclic) bond motifs is 1. The fraction of sp³-hybridized carbons (Fsp3) is 0.273. The smallest absolute Gasteiger partial charge is 0.0486 e. The number of aryl methyl sites for hydroxylation is 2. The van der Waals surface area contributed by atoms with Gasteiger partial charge in [-0.05, 0) is 55.0 Å². The number of hydrogen-bond acceptors (Lipinski definition) is 0. The van der Waals surface area contributed by atoms with Crippen LogP contribution in [0.25, 0.3) is 10.9 Å². The van der Waals surface area contributed by atoms with Crippen molar-refractivity contribution >= 4 is 10.9 Å². The van der Waals surface area contributed by atoms with Gasteiger partial charge < -0.3 is 4.98 Å². The molecule has 2 rings (SSSR count). The molecule has 0 saturated carbocycles. The van der Waals surface area contributed by atoms with Gasteiger partial charge in [-0.2, -0.15) is 0 Å². The third kappa shape index (κ3) is 0.860. The second-order valence-corrected chi connectivity index (χ2v) is 3.39. The van der Waals surface area contributed by atoms with Crippen LogP contribution in [0.1, 0.15) is 16.7 Å². The molecule has 0 bridgehead atoms. The number of aromatic amines is 1. The molecule has 0 saturated heterocycles. The van der Waals surface area contributed by atoms with Gasteiger partial charge in [-0.3, -0.25) is 0 Å². The monoisotopic (exact) mass is 159 g/mol. The van der Waals surface area contributed by atoms with Crippen LogP contribution < -0.4 is 0 Å². The zero-order chi connectivity index (χ0) is 8.72. The van der Waals surface area contributed by atoms with Crippen molar-refractivity contribution in [2.75, 3.05) is 0 Å². The Bertz CT molecular complexity index is 424. The fourth-order valence-electron chi connectivity index (χ4n) is 1.65. The summed E-state index contributed by atoms with van der Waals surface area (Å²) in [7, 11) is 0. The first-order valence-electron chi connectivity index (χ1n) is 4.24. The molecule has 2 aromatic rings. The van der Waals surface area contributed by atoms with Gasteiger partial charge in [0.05, 0.1) is 0 Å². The zero-order valence-electron chi connectivity index (χ0n) is 7.73. The quantitative estimate of drug-likeness (QED) is 0.608. The van der Waals surface area contributed by atoms with E-state index in [9.17, 15) is 0 Å². The fourth-order valence-corrected chi connectivity index (χ4v) is 1.65. The lowest BCUT2D eigenvalue weighted by Crippen LogP contribution is -1.87. The van der Waals surface area contributed by atoms with E-state index in [1.165, 1.54) is 27.6 Å². The van der Waals surface area contributed by atoms with Crippen molar-refractivity contribution in [3.8, 4) is 0 Å². The number of nitrogens with one attached hydrogen (secondary N) is 1. The minimum Gasteiger partial charge on any atom is -0.361 e. The van der Waals surface area contributed by atoms with Crippen LogP contribution in [-0.2, 0) is 0 Å². The number of H-pyrrole nitrogens is 1. The molecule has 1 N–H and O–H groups in total. The van der Waals surface area contributed by atoms with E-state index >= 15 is 0 Å². The molecule has 0 unspecified atom stereocenters. The summed E-state index contributed by atoms with van der Waals surface area (Å²) >= 11 is 0. The molecule has 0 radical (unpaired) electrons. The average molecular weight is 159 g/mol. The van der Waals surface area contributed by atoms with E-state index in [1.54, 1.807) is 0 Å². The van der Waals surface area contributed by atoms with E-state index in [-0.39, 0.29) is 0 Å². The molecule has 0 amide bonds. The van der Waals surface area contributed by atoms with Gasteiger partial charge in [-0.1, -0.05) is 0 Å². The van der Waals surface area contributed by atoms with Crippen molar-refractivity contribution in [3.05, 3.63) is 35.0 Å². The van der Waals surface area contributed by atoms with Crippen molar-refractivity contribution in [1.82, 2.24) is 4.98 Å². The van der Waals surface area contributed by atoms with Crippen molar-refractivity contribution in [2.24, 2.45) is 0 Å². The predicted octanol–water partition coefficient (Wildman–Crippen LogP) is 3.09. The molecule has 0 aliphatic rings. The maximum absolute atomic E-state index is 3.26. The first-order valence-corrected chi connectivity index (χ1v) is 4.24. The highest BCUT2D eigenvalue weighted by atomic mass is 14.7. The number of rotatable bonds is 0. The predicted molar refractivity (Wildman–Crippen MR) is 52.5 cm³/mol. The van der Waals surface area contributed by atoms with Gasteiger partial charge in [0.25, 0.3) is 0 Å². The van der Waals surface area contributed by atoms with Crippen LogP contribution in [0.3, 0.4) is 0 Å². The molecule has 0 aliphatic carbocycles. The minimum absolute atomic E-state index is 1.28. The van der Waals surface area contributed by atoms with E-state index in [0.717, 1.165) is 0 Å². The number of benzene rings is 1. The molecule has 62 valence electrons. The van der Waals surface area contributed by atoms with Gasteiger partial charge in [0.15, 0.2) is 0 Å². The summed E-state index contributed by atoms with van der Waals surface area (Å²) in [4.78, 5) is 3.26. The SMILES string of the molecule is Cc1cc2cc[nH]c2c(C)c1C. The van der Waals surface area contributed by atoms with Gasteiger partial charge in [0.1, 0.15) is 0 Å². The van der Waals surface area contributed by atoms with Gasteiger partial charge in [-0.25, -0.2) is 0 Å². The van der Waals surface area contributed by atoms with Gasteiger partial charge in [-0.15, -0.1) is 0 Å². The van der Waals surface area contributed by atoms with E-state index in [2.05, 4.69) is 37.9 Å². The van der Waals surface area contributed by atoms with E-state index in [1.807, 2.05) is 6.20 Å². The minimum atomic E-state index is 1.28. The van der Waals surface area contributed by atoms with E-state index in [0.29, 0.717) is 0 Å². The Hall–Kier alpha value is -1.24. The van der Waals surface area contributed by atoms with Crippen LogP contribution in [0.2, 0.25) is 0 Å². The lowest BCUT2D eigenvalue weighted by atomic mass is 10.0. The Labute approximate surface area is 72.4 Å². The van der Waals surface area contributed by atoms with Crippen LogP contribution in [0.4, 0.5) is 0 Å². The van der Waals surface area contributed by atoms with Crippen molar-refractivity contribution < 1.29 is 0 Å². The van der Waals surface area contributed by atoms with Crippen LogP contribution >= 0.6 is 0 Å². The van der Waals surface area contributed by atoms with Crippen LogP contribution in [0.15, 0.2) is 18.3 Å². The molecule has 0 aliphatic heterocycles. The van der Waals surface area contributed by atoms with Crippen LogP contribution in [-0.4, -0.2) is 4.98 Å². The summed E-state index contributed by atoms with van der Waals surface area (Å²) < 4.78 is 0. The Kier molecular flexibility index (Phi) is 1.47. The Morgan fingerprint density at radius 2 is 1.83 bits per heavy atom. The highest BCUT2D eigenvalue weighted by Crippen LogP contribution is 2.22. The summed E-state index contributed by atoms with van der Waals surface area (Å²) in [5, 5.41) is 1.32. The van der Waals surface area contributed by atoms with Crippen LogP contribution in [0, 0.1) is 20.8 Å². The lowest BCUT2D eigenvalue weighted by molar-refractivity contribution is 1.28. The summed E-state index contributed by atoms with van der Waals surface area (Å²) in [5.41, 5.74) is 5.41. The van der Waals surface area contributed by atoms with Gasteiger partial charge >= 0.3 is 0 Å². The average Bonchev–Trinajstić information content (AvgIpc) is 2.48. The standard InChI is InChI=1S/C11H13N/c1-7-6-10-4-5-12-11(10)9(3)8(7)2/h4-6,12H,1-3H3. The van der Waals surface area contributed by atoms with Crippen LogP contribution in [0.5, 0.6) is 0 Å². The zero-order valence-corrected chi connectivity index (χ0v) is 7.73. The molecular weight excluding hydrogens is 146 g/mol. The first kappa shape index (κ1) is 7.41. The first-order chi connectivity index (χ1) is 5.70. The Morgan fingerprint density at radius 3 is 2.58 bits per heavy atom. The summed E-state index contributed by atoms with van der Waals surface area (Å²) in [6, 6.07) is 4.35.